The predicted octanol–water partition coefficient (Wildman–Crippen LogP) is 0.609. The van der Waals surface area contributed by atoms with Crippen LogP contribution in [0.2, 0.25) is 0 Å². The number of rotatable bonds is 5. The Bertz CT molecular complexity index is 199. The van der Waals surface area contributed by atoms with Gasteiger partial charge in [-0.15, -0.1) is 0 Å². The number of ether oxygens (including phenoxy) is 1. The van der Waals surface area contributed by atoms with E-state index in [1.807, 2.05) is 0 Å². The fourth-order valence-corrected chi connectivity index (χ4v) is 0.500. The summed E-state index contributed by atoms with van der Waals surface area (Å²) >= 11 is 0. The number of aliphatic carboxylic acids is 1. The molecule has 0 heterocycles. The van der Waals surface area contributed by atoms with Crippen molar-refractivity contribution in [2.75, 3.05) is 13.2 Å². The number of Topliss-reactive ketones (excluding diaryl/α,β-unsaturated/α-hetero) is 1. The Kier molecular flexibility index (Phi) is 4.39. The number of alkyl halides is 3. The summed E-state index contributed by atoms with van der Waals surface area (Å²) in [5.41, 5.74) is 0. The lowest BCUT2D eigenvalue weighted by atomic mass is 10.3. The lowest BCUT2D eigenvalue weighted by molar-refractivity contribution is -0.175. The number of carbonyl (C=O) groups excluding carboxylic acids is 1. The van der Waals surface area contributed by atoms with Crippen LogP contribution < -0.4 is 0 Å². The van der Waals surface area contributed by atoms with Crippen LogP contribution in [0.1, 0.15) is 6.42 Å². The van der Waals surface area contributed by atoms with Crippen molar-refractivity contribution in [2.24, 2.45) is 0 Å². The van der Waals surface area contributed by atoms with Crippen LogP contribution in [-0.2, 0) is 14.3 Å². The summed E-state index contributed by atoms with van der Waals surface area (Å²) < 4.78 is 38.2. The average Bonchev–Trinajstić information content (AvgIpc) is 1.81. The molecule has 0 saturated carbocycles. The Morgan fingerprint density at radius 3 is 2.23 bits per heavy atom. The Hall–Kier alpha value is -1.11. The van der Waals surface area contributed by atoms with Gasteiger partial charge in [0.2, 0.25) is 0 Å². The number of hydrogen-bond donors (Lipinski definition) is 1. The molecule has 0 aliphatic rings. The zero-order chi connectivity index (χ0) is 10.5. The molecule has 0 atom stereocenters. The fourth-order valence-electron chi connectivity index (χ4n) is 0.500. The molecule has 0 amide bonds. The lowest BCUT2D eigenvalue weighted by Crippen LogP contribution is -2.21. The molecule has 0 spiro atoms. The number of ketones is 1. The van der Waals surface area contributed by atoms with Gasteiger partial charge >= 0.3 is 12.1 Å². The van der Waals surface area contributed by atoms with Gasteiger partial charge in [-0.1, -0.05) is 0 Å². The van der Waals surface area contributed by atoms with Crippen molar-refractivity contribution in [3.05, 3.63) is 0 Å². The molecule has 0 fully saturated rings. The normalized spacial score (nSPS) is 11.3. The van der Waals surface area contributed by atoms with Gasteiger partial charge in [0, 0.05) is 0 Å². The zero-order valence-electron chi connectivity index (χ0n) is 6.43. The molecular formula is C6H7F3O4. The zero-order valence-corrected chi connectivity index (χ0v) is 6.43. The van der Waals surface area contributed by atoms with E-state index in [0.29, 0.717) is 0 Å². The summed E-state index contributed by atoms with van der Waals surface area (Å²) in [6.07, 6.45) is -5.32. The van der Waals surface area contributed by atoms with Crippen LogP contribution in [0.4, 0.5) is 13.2 Å². The highest BCUT2D eigenvalue weighted by molar-refractivity contribution is 5.95. The molecule has 0 aromatic heterocycles. The average molecular weight is 200 g/mol. The van der Waals surface area contributed by atoms with Crippen LogP contribution in [0, 0.1) is 0 Å². The molecule has 0 saturated heterocycles. The van der Waals surface area contributed by atoms with Gasteiger partial charge < -0.3 is 9.84 Å². The maximum Gasteiger partial charge on any atom is 0.411 e. The van der Waals surface area contributed by atoms with Crippen molar-refractivity contribution in [2.45, 2.75) is 12.6 Å². The molecule has 0 aromatic rings. The molecule has 0 bridgehead atoms. The number of hydrogen-bond acceptors (Lipinski definition) is 3. The first-order valence-electron chi connectivity index (χ1n) is 3.19. The van der Waals surface area contributed by atoms with E-state index >= 15 is 0 Å². The van der Waals surface area contributed by atoms with Gasteiger partial charge in [0.1, 0.15) is 19.6 Å². The van der Waals surface area contributed by atoms with E-state index in [-0.39, 0.29) is 0 Å². The maximum absolute atomic E-state index is 11.4. The van der Waals surface area contributed by atoms with E-state index < -0.39 is 37.6 Å². The minimum absolute atomic E-state index is 0.822. The monoisotopic (exact) mass is 200 g/mol. The number of carboxylic acid groups (broad SMARTS) is 1. The van der Waals surface area contributed by atoms with E-state index in [1.165, 1.54) is 0 Å². The molecule has 0 aliphatic carbocycles. The highest BCUT2D eigenvalue weighted by Crippen LogP contribution is 2.14. The molecule has 13 heavy (non-hydrogen) atoms. The van der Waals surface area contributed by atoms with E-state index in [4.69, 9.17) is 5.11 Å². The maximum atomic E-state index is 11.4. The van der Waals surface area contributed by atoms with Gasteiger partial charge in [-0.05, 0) is 0 Å². The molecule has 0 rings (SSSR count). The summed E-state index contributed by atoms with van der Waals surface area (Å²) in [4.78, 5) is 20.3. The van der Waals surface area contributed by atoms with Gasteiger partial charge in [-0.25, -0.2) is 0 Å². The topological polar surface area (TPSA) is 63.6 Å². The summed E-state index contributed by atoms with van der Waals surface area (Å²) in [5.74, 6) is -2.28. The largest absolute Gasteiger partial charge is 0.481 e. The molecule has 0 aromatic carbocycles. The van der Waals surface area contributed by atoms with Crippen molar-refractivity contribution in [3.63, 3.8) is 0 Å². The minimum Gasteiger partial charge on any atom is -0.481 e. The first kappa shape index (κ1) is 11.9. The van der Waals surface area contributed by atoms with Crippen LogP contribution in [0.5, 0.6) is 0 Å². The fraction of sp³-hybridized carbons (Fsp3) is 0.667. The van der Waals surface area contributed by atoms with Crippen molar-refractivity contribution in [3.8, 4) is 0 Å². The van der Waals surface area contributed by atoms with Gasteiger partial charge in [-0.3, -0.25) is 9.59 Å². The van der Waals surface area contributed by atoms with E-state index in [9.17, 15) is 22.8 Å². The smallest absolute Gasteiger partial charge is 0.411 e. The van der Waals surface area contributed by atoms with Crippen molar-refractivity contribution in [1.82, 2.24) is 0 Å². The predicted molar refractivity (Wildman–Crippen MR) is 34.1 cm³/mol. The molecule has 0 aliphatic heterocycles. The Morgan fingerprint density at radius 2 is 1.85 bits per heavy atom. The van der Waals surface area contributed by atoms with E-state index in [1.54, 1.807) is 0 Å². The Morgan fingerprint density at radius 1 is 1.31 bits per heavy atom. The lowest BCUT2D eigenvalue weighted by Gasteiger charge is -2.05. The van der Waals surface area contributed by atoms with E-state index in [2.05, 4.69) is 4.74 Å². The van der Waals surface area contributed by atoms with Gasteiger partial charge in [0.25, 0.3) is 0 Å². The SMILES string of the molecule is O=C(O)CC(=O)COCC(F)(F)F. The molecular weight excluding hydrogens is 193 g/mol. The second-order valence-electron chi connectivity index (χ2n) is 2.22. The summed E-state index contributed by atoms with van der Waals surface area (Å²) in [5, 5.41) is 8.04. The van der Waals surface area contributed by atoms with Gasteiger partial charge in [-0.2, -0.15) is 13.2 Å². The first-order chi connectivity index (χ1) is 5.81. The molecule has 0 unspecified atom stereocenters. The third kappa shape index (κ3) is 8.80. The minimum atomic E-state index is -4.50. The standard InChI is InChI=1S/C6H7F3O4/c7-6(8,9)3-13-2-4(10)1-5(11)12/h1-3H2,(H,11,12). The van der Waals surface area contributed by atoms with Crippen LogP contribution >= 0.6 is 0 Å². The quantitative estimate of drug-likeness (QED) is 0.660. The van der Waals surface area contributed by atoms with Gasteiger partial charge in [0.15, 0.2) is 5.78 Å². The second kappa shape index (κ2) is 4.80. The van der Waals surface area contributed by atoms with Crippen LogP contribution in [0.3, 0.4) is 0 Å². The number of carbonyl (C=O) groups is 2. The second-order valence-corrected chi connectivity index (χ2v) is 2.22. The highest BCUT2D eigenvalue weighted by atomic mass is 19.4. The third-order valence-corrected chi connectivity index (χ3v) is 0.877. The molecule has 4 nitrogen and oxygen atoms in total. The molecule has 76 valence electrons. The molecule has 7 heteroatoms. The third-order valence-electron chi connectivity index (χ3n) is 0.877. The van der Waals surface area contributed by atoms with Crippen LogP contribution in [0.15, 0.2) is 0 Å². The number of carboxylic acids is 1. The van der Waals surface area contributed by atoms with Crippen molar-refractivity contribution < 1.29 is 32.6 Å². The first-order valence-corrected chi connectivity index (χ1v) is 3.19. The summed E-state index contributed by atoms with van der Waals surface area (Å²) in [6, 6.07) is 0. The van der Waals surface area contributed by atoms with Crippen LogP contribution in [-0.4, -0.2) is 36.2 Å². The van der Waals surface area contributed by atoms with Crippen molar-refractivity contribution in [1.29, 1.82) is 0 Å². The molecule has 1 N–H and O–H groups in total. The number of halogens is 3. The van der Waals surface area contributed by atoms with Gasteiger partial charge in [0.05, 0.1) is 0 Å². The Balaban J connectivity index is 3.54. The Labute approximate surface area is 71.3 Å². The highest BCUT2D eigenvalue weighted by Gasteiger charge is 2.27. The summed E-state index contributed by atoms with van der Waals surface area (Å²) in [7, 11) is 0. The van der Waals surface area contributed by atoms with Crippen molar-refractivity contribution >= 4 is 11.8 Å². The summed E-state index contributed by atoms with van der Waals surface area (Å²) in [6.45, 7) is -2.37. The van der Waals surface area contributed by atoms with E-state index in [0.717, 1.165) is 0 Å². The molecule has 0 radical (unpaired) electrons. The van der Waals surface area contributed by atoms with Crippen LogP contribution in [0.25, 0.3) is 0 Å².